The average molecular weight is 396 g/mol. The zero-order valence-electron chi connectivity index (χ0n) is 16.2. The Labute approximate surface area is 170 Å². The number of hydrogen-bond donors (Lipinski definition) is 2. The van der Waals surface area contributed by atoms with E-state index in [4.69, 9.17) is 0 Å². The summed E-state index contributed by atoms with van der Waals surface area (Å²) in [6, 6.07) is 15.0. The lowest BCUT2D eigenvalue weighted by atomic mass is 10.1. The summed E-state index contributed by atoms with van der Waals surface area (Å²) in [6.45, 7) is 7.65. The van der Waals surface area contributed by atoms with Crippen molar-refractivity contribution in [3.05, 3.63) is 64.6 Å². The molecule has 0 atom stereocenters. The van der Waals surface area contributed by atoms with Crippen LogP contribution in [0.4, 0.5) is 5.69 Å². The lowest BCUT2D eigenvalue weighted by Gasteiger charge is -2.18. The van der Waals surface area contributed by atoms with Gasteiger partial charge in [0.05, 0.1) is 10.6 Å². The maximum Gasteiger partial charge on any atom is 0.262 e. The van der Waals surface area contributed by atoms with Crippen LogP contribution in [0.25, 0.3) is 6.08 Å². The lowest BCUT2D eigenvalue weighted by molar-refractivity contribution is -0.112. The highest BCUT2D eigenvalue weighted by Crippen LogP contribution is 2.38. The second-order valence-corrected chi connectivity index (χ2v) is 7.55. The van der Waals surface area contributed by atoms with Gasteiger partial charge in [-0.05, 0) is 49.0 Å². The summed E-state index contributed by atoms with van der Waals surface area (Å²) in [5.41, 5.74) is 2.34. The van der Waals surface area contributed by atoms with Gasteiger partial charge in [-0.25, -0.2) is 0 Å². The van der Waals surface area contributed by atoms with Crippen molar-refractivity contribution in [3.63, 3.8) is 0 Å². The number of thioether (sulfide) groups is 1. The van der Waals surface area contributed by atoms with Crippen molar-refractivity contribution in [1.82, 2.24) is 10.2 Å². The number of benzene rings is 2. The fourth-order valence-electron chi connectivity index (χ4n) is 2.95. The predicted octanol–water partition coefficient (Wildman–Crippen LogP) is 3.84. The zero-order valence-corrected chi connectivity index (χ0v) is 17.0. The Morgan fingerprint density at radius 1 is 1.11 bits per heavy atom. The number of para-hydroxylation sites is 1. The third kappa shape index (κ3) is 5.03. The van der Waals surface area contributed by atoms with Gasteiger partial charge in [-0.1, -0.05) is 49.9 Å². The molecule has 3 rings (SSSR count). The average Bonchev–Trinajstić information content (AvgIpc) is 2.72. The number of carbonyl (C=O) groups is 2. The van der Waals surface area contributed by atoms with Crippen LogP contribution >= 0.6 is 11.8 Å². The molecule has 1 aliphatic heterocycles. The SMILES string of the molecule is CCN(CC)CCNC(=O)c1ccc(/C=C2/Sc3ccccc3NC2=O)cc1. The third-order valence-corrected chi connectivity index (χ3v) is 5.76. The van der Waals surface area contributed by atoms with E-state index >= 15 is 0 Å². The van der Waals surface area contributed by atoms with Crippen molar-refractivity contribution in [2.24, 2.45) is 0 Å². The van der Waals surface area contributed by atoms with Crippen LogP contribution in [0.15, 0.2) is 58.3 Å². The summed E-state index contributed by atoms with van der Waals surface area (Å²) in [4.78, 5) is 28.5. The highest BCUT2D eigenvalue weighted by atomic mass is 32.2. The summed E-state index contributed by atoms with van der Waals surface area (Å²) < 4.78 is 0. The van der Waals surface area contributed by atoms with Crippen LogP contribution in [-0.2, 0) is 4.79 Å². The monoisotopic (exact) mass is 395 g/mol. The summed E-state index contributed by atoms with van der Waals surface area (Å²) in [5.74, 6) is -0.188. The number of amides is 2. The summed E-state index contributed by atoms with van der Waals surface area (Å²) in [6.07, 6.45) is 1.85. The molecule has 0 radical (unpaired) electrons. The standard InChI is InChI=1S/C22H25N3O2S/c1-3-25(4-2)14-13-23-21(26)17-11-9-16(10-12-17)15-20-22(27)24-18-7-5-6-8-19(18)28-20/h5-12,15H,3-4,13-14H2,1-2H3,(H,23,26)(H,24,27)/b20-15+. The fraction of sp³-hybridized carbons (Fsp3) is 0.273. The van der Waals surface area contributed by atoms with Gasteiger partial charge in [-0.3, -0.25) is 9.59 Å². The Morgan fingerprint density at radius 2 is 1.82 bits per heavy atom. The van der Waals surface area contributed by atoms with E-state index in [0.29, 0.717) is 17.0 Å². The minimum absolute atomic E-state index is 0.0786. The van der Waals surface area contributed by atoms with Crippen molar-refractivity contribution in [2.45, 2.75) is 18.7 Å². The van der Waals surface area contributed by atoms with Gasteiger partial charge >= 0.3 is 0 Å². The van der Waals surface area contributed by atoms with Gasteiger partial charge in [0, 0.05) is 23.5 Å². The first kappa shape index (κ1) is 20.2. The molecule has 2 aromatic rings. The molecule has 146 valence electrons. The lowest BCUT2D eigenvalue weighted by Crippen LogP contribution is -2.34. The first-order valence-corrected chi connectivity index (χ1v) is 10.3. The van der Waals surface area contributed by atoms with Crippen molar-refractivity contribution >= 4 is 35.3 Å². The van der Waals surface area contributed by atoms with Gasteiger partial charge in [0.1, 0.15) is 0 Å². The molecule has 5 nitrogen and oxygen atoms in total. The summed E-state index contributed by atoms with van der Waals surface area (Å²) in [5, 5.41) is 5.86. The number of rotatable bonds is 7. The number of nitrogens with one attached hydrogen (secondary N) is 2. The molecule has 0 aliphatic carbocycles. The Bertz CT molecular complexity index is 874. The van der Waals surface area contributed by atoms with Gasteiger partial charge in [-0.2, -0.15) is 0 Å². The predicted molar refractivity (Wildman–Crippen MR) is 115 cm³/mol. The number of carbonyl (C=O) groups excluding carboxylic acids is 2. The number of likely N-dealkylation sites (N-methyl/N-ethyl adjacent to an activating group) is 1. The van der Waals surface area contributed by atoms with Crippen LogP contribution in [0.5, 0.6) is 0 Å². The van der Waals surface area contributed by atoms with Gasteiger partial charge in [0.2, 0.25) is 0 Å². The van der Waals surface area contributed by atoms with Crippen molar-refractivity contribution in [1.29, 1.82) is 0 Å². The van der Waals surface area contributed by atoms with Gasteiger partial charge in [-0.15, -0.1) is 0 Å². The maximum absolute atomic E-state index is 12.3. The Kier molecular flexibility index (Phi) is 6.90. The molecule has 0 aromatic heterocycles. The van der Waals surface area contributed by atoms with Gasteiger partial charge in [0.25, 0.3) is 11.8 Å². The molecular formula is C22H25N3O2S. The van der Waals surface area contributed by atoms with E-state index < -0.39 is 0 Å². The molecule has 1 aliphatic rings. The van der Waals surface area contributed by atoms with E-state index in [-0.39, 0.29) is 11.8 Å². The number of fused-ring (bicyclic) bond motifs is 1. The topological polar surface area (TPSA) is 61.4 Å². The third-order valence-electron chi connectivity index (χ3n) is 4.66. The van der Waals surface area contributed by atoms with Crippen molar-refractivity contribution in [3.8, 4) is 0 Å². The van der Waals surface area contributed by atoms with Crippen LogP contribution in [0.1, 0.15) is 29.8 Å². The minimum atomic E-state index is -0.109. The Morgan fingerprint density at radius 3 is 2.54 bits per heavy atom. The largest absolute Gasteiger partial charge is 0.351 e. The molecule has 0 bridgehead atoms. The molecule has 0 saturated heterocycles. The molecule has 0 unspecified atom stereocenters. The van der Waals surface area contributed by atoms with Crippen LogP contribution in [0.2, 0.25) is 0 Å². The number of anilines is 1. The molecular weight excluding hydrogens is 370 g/mol. The van der Waals surface area contributed by atoms with Crippen LogP contribution < -0.4 is 10.6 Å². The minimum Gasteiger partial charge on any atom is -0.351 e. The molecule has 1 heterocycles. The van der Waals surface area contributed by atoms with E-state index in [0.717, 1.165) is 35.8 Å². The van der Waals surface area contributed by atoms with E-state index in [1.54, 1.807) is 12.1 Å². The van der Waals surface area contributed by atoms with E-state index in [9.17, 15) is 9.59 Å². The van der Waals surface area contributed by atoms with Crippen LogP contribution in [0, 0.1) is 0 Å². The smallest absolute Gasteiger partial charge is 0.262 e. The fourth-order valence-corrected chi connectivity index (χ4v) is 3.91. The molecule has 0 fully saturated rings. The second-order valence-electron chi connectivity index (χ2n) is 6.47. The molecule has 0 saturated carbocycles. The number of nitrogens with zero attached hydrogens (tertiary/aromatic N) is 1. The molecule has 28 heavy (non-hydrogen) atoms. The van der Waals surface area contributed by atoms with Gasteiger partial charge < -0.3 is 15.5 Å². The first-order chi connectivity index (χ1) is 13.6. The second kappa shape index (κ2) is 9.57. The summed E-state index contributed by atoms with van der Waals surface area (Å²) in [7, 11) is 0. The van der Waals surface area contributed by atoms with E-state index in [2.05, 4.69) is 29.4 Å². The first-order valence-electron chi connectivity index (χ1n) is 9.51. The maximum atomic E-state index is 12.3. The van der Waals surface area contributed by atoms with E-state index in [1.807, 2.05) is 42.5 Å². The zero-order chi connectivity index (χ0) is 19.9. The normalized spacial score (nSPS) is 14.7. The van der Waals surface area contributed by atoms with Crippen molar-refractivity contribution in [2.75, 3.05) is 31.5 Å². The summed E-state index contributed by atoms with van der Waals surface area (Å²) >= 11 is 1.45. The Balaban J connectivity index is 1.62. The number of hydrogen-bond acceptors (Lipinski definition) is 4. The van der Waals surface area contributed by atoms with Crippen LogP contribution in [-0.4, -0.2) is 42.9 Å². The van der Waals surface area contributed by atoms with Crippen LogP contribution in [0.3, 0.4) is 0 Å². The van der Waals surface area contributed by atoms with Crippen molar-refractivity contribution < 1.29 is 9.59 Å². The molecule has 2 aromatic carbocycles. The van der Waals surface area contributed by atoms with E-state index in [1.165, 1.54) is 11.8 Å². The highest BCUT2D eigenvalue weighted by Gasteiger charge is 2.20. The van der Waals surface area contributed by atoms with Gasteiger partial charge in [0.15, 0.2) is 0 Å². The highest BCUT2D eigenvalue weighted by molar-refractivity contribution is 8.04. The Hall–Kier alpha value is -2.57. The molecule has 2 N–H and O–H groups in total. The molecule has 2 amide bonds. The molecule has 6 heteroatoms. The quantitative estimate of drug-likeness (QED) is 0.699. The molecule has 0 spiro atoms.